The maximum atomic E-state index is 12.7. The van der Waals surface area contributed by atoms with Crippen molar-refractivity contribution in [3.05, 3.63) is 54.4 Å². The molecule has 1 unspecified atom stereocenters. The van der Waals surface area contributed by atoms with Gasteiger partial charge in [-0.3, -0.25) is 19.4 Å². The van der Waals surface area contributed by atoms with Gasteiger partial charge < -0.3 is 15.5 Å². The Labute approximate surface area is 182 Å². The van der Waals surface area contributed by atoms with Gasteiger partial charge in [-0.15, -0.1) is 0 Å². The number of Topliss-reactive ketones (excluding diaryl/α,β-unsaturated/α-hetero) is 1. The van der Waals surface area contributed by atoms with Gasteiger partial charge in [0.1, 0.15) is 0 Å². The van der Waals surface area contributed by atoms with Crippen LogP contribution in [0.3, 0.4) is 0 Å². The summed E-state index contributed by atoms with van der Waals surface area (Å²) in [5.74, 6) is -1.19. The molecule has 1 aliphatic rings. The van der Waals surface area contributed by atoms with Crippen molar-refractivity contribution in [2.75, 3.05) is 19.6 Å². The summed E-state index contributed by atoms with van der Waals surface area (Å²) in [6.45, 7) is 7.51. The second kappa shape index (κ2) is 10.7. The van der Waals surface area contributed by atoms with Gasteiger partial charge in [0.2, 0.25) is 5.78 Å². The first-order valence-electron chi connectivity index (χ1n) is 10.9. The fourth-order valence-corrected chi connectivity index (χ4v) is 3.91. The number of carbonyl (C=O) groups is 3. The van der Waals surface area contributed by atoms with Crippen LogP contribution in [0, 0.1) is 0 Å². The van der Waals surface area contributed by atoms with E-state index in [2.05, 4.69) is 29.1 Å². The fraction of sp³-hybridized carbons (Fsp3) is 0.417. The number of aromatic nitrogens is 1. The minimum atomic E-state index is -0.534. The van der Waals surface area contributed by atoms with Crippen molar-refractivity contribution in [2.24, 2.45) is 0 Å². The van der Waals surface area contributed by atoms with E-state index >= 15 is 0 Å². The summed E-state index contributed by atoms with van der Waals surface area (Å²) < 4.78 is 0. The van der Waals surface area contributed by atoms with E-state index in [1.165, 1.54) is 0 Å². The van der Waals surface area contributed by atoms with E-state index in [-0.39, 0.29) is 12.5 Å². The molecule has 0 saturated carbocycles. The van der Waals surface area contributed by atoms with E-state index in [0.717, 1.165) is 36.6 Å². The SMILES string of the molecule is C=C(CNC(=O)c1ccnc2ccccc12)N1CCCC1C(=O)C(=O)NCCCCC. The van der Waals surface area contributed by atoms with Crippen LogP contribution in [-0.2, 0) is 9.59 Å². The van der Waals surface area contributed by atoms with Gasteiger partial charge in [-0.05, 0) is 31.4 Å². The van der Waals surface area contributed by atoms with E-state index in [1.54, 1.807) is 12.3 Å². The number of benzene rings is 1. The number of ketones is 1. The molecule has 164 valence electrons. The van der Waals surface area contributed by atoms with Crippen LogP contribution in [-0.4, -0.2) is 53.2 Å². The zero-order valence-corrected chi connectivity index (χ0v) is 18.0. The van der Waals surface area contributed by atoms with Crippen molar-refractivity contribution in [3.63, 3.8) is 0 Å². The number of pyridine rings is 1. The van der Waals surface area contributed by atoms with Crippen LogP contribution in [0.4, 0.5) is 0 Å². The number of nitrogens with zero attached hydrogens (tertiary/aromatic N) is 2. The molecule has 2 amide bonds. The molecule has 1 saturated heterocycles. The van der Waals surface area contributed by atoms with Crippen molar-refractivity contribution in [3.8, 4) is 0 Å². The topological polar surface area (TPSA) is 91.4 Å². The predicted octanol–water partition coefficient (Wildman–Crippen LogP) is 2.82. The third-order valence-corrected chi connectivity index (χ3v) is 5.60. The summed E-state index contributed by atoms with van der Waals surface area (Å²) in [6, 6.07) is 8.64. The molecular weight excluding hydrogens is 392 g/mol. The fourth-order valence-electron chi connectivity index (χ4n) is 3.91. The number of hydrogen-bond acceptors (Lipinski definition) is 5. The number of rotatable bonds is 10. The van der Waals surface area contributed by atoms with Crippen LogP contribution >= 0.6 is 0 Å². The van der Waals surface area contributed by atoms with E-state index in [4.69, 9.17) is 0 Å². The highest BCUT2D eigenvalue weighted by Gasteiger charge is 2.34. The monoisotopic (exact) mass is 422 g/mol. The summed E-state index contributed by atoms with van der Waals surface area (Å²) in [5.41, 5.74) is 1.92. The largest absolute Gasteiger partial charge is 0.363 e. The number of nitrogens with one attached hydrogen (secondary N) is 2. The van der Waals surface area contributed by atoms with E-state index in [9.17, 15) is 14.4 Å². The molecular formula is C24H30N4O3. The molecule has 2 N–H and O–H groups in total. The second-order valence-electron chi connectivity index (χ2n) is 7.80. The molecule has 0 bridgehead atoms. The summed E-state index contributed by atoms with van der Waals surface area (Å²) >= 11 is 0. The van der Waals surface area contributed by atoms with Crippen LogP contribution in [0.1, 0.15) is 49.4 Å². The molecule has 0 radical (unpaired) electrons. The van der Waals surface area contributed by atoms with Crippen LogP contribution in [0.15, 0.2) is 48.8 Å². The highest BCUT2D eigenvalue weighted by Crippen LogP contribution is 2.22. The lowest BCUT2D eigenvalue weighted by molar-refractivity contribution is -0.140. The standard InChI is InChI=1S/C24H30N4O3/c1-3-4-7-13-26-24(31)22(29)21-11-8-15-28(21)17(2)16-27-23(30)19-12-14-25-20-10-6-5-9-18(19)20/h5-6,9-10,12,14,21H,2-4,7-8,11,13,15-16H2,1H3,(H,26,31)(H,27,30). The number of amides is 2. The Bertz CT molecular complexity index is 967. The Morgan fingerprint density at radius 1 is 1.16 bits per heavy atom. The number of likely N-dealkylation sites (tertiary alicyclic amines) is 1. The molecule has 0 aliphatic carbocycles. The van der Waals surface area contributed by atoms with E-state index in [1.807, 2.05) is 29.2 Å². The normalized spacial score (nSPS) is 15.6. The molecule has 1 aromatic heterocycles. The van der Waals surface area contributed by atoms with Gasteiger partial charge in [-0.1, -0.05) is 44.5 Å². The Morgan fingerprint density at radius 3 is 2.77 bits per heavy atom. The maximum absolute atomic E-state index is 12.7. The van der Waals surface area contributed by atoms with E-state index in [0.29, 0.717) is 30.8 Å². The summed E-state index contributed by atoms with van der Waals surface area (Å²) in [4.78, 5) is 43.8. The highest BCUT2D eigenvalue weighted by atomic mass is 16.2. The molecule has 7 nitrogen and oxygen atoms in total. The van der Waals surface area contributed by atoms with Crippen LogP contribution in [0.2, 0.25) is 0 Å². The first-order chi connectivity index (χ1) is 15.0. The first kappa shape index (κ1) is 22.5. The molecule has 1 atom stereocenters. The predicted molar refractivity (Wildman–Crippen MR) is 120 cm³/mol. The van der Waals surface area contributed by atoms with Gasteiger partial charge in [-0.2, -0.15) is 0 Å². The number of carbonyl (C=O) groups excluding carboxylic acids is 3. The summed E-state index contributed by atoms with van der Waals surface area (Å²) in [5, 5.41) is 6.39. The molecule has 1 aromatic carbocycles. The molecule has 31 heavy (non-hydrogen) atoms. The lowest BCUT2D eigenvalue weighted by Gasteiger charge is -2.27. The molecule has 3 rings (SSSR count). The van der Waals surface area contributed by atoms with Crippen LogP contribution in [0.25, 0.3) is 10.9 Å². The first-order valence-corrected chi connectivity index (χ1v) is 10.9. The van der Waals surface area contributed by atoms with Crippen molar-refractivity contribution < 1.29 is 14.4 Å². The average Bonchev–Trinajstić information content (AvgIpc) is 3.29. The zero-order valence-electron chi connectivity index (χ0n) is 18.0. The van der Waals surface area contributed by atoms with Gasteiger partial charge >= 0.3 is 0 Å². The summed E-state index contributed by atoms with van der Waals surface area (Å²) in [6.07, 6.45) is 5.98. The number of unbranched alkanes of at least 4 members (excludes halogenated alkanes) is 2. The van der Waals surface area contributed by atoms with Crippen molar-refractivity contribution in [2.45, 2.75) is 45.1 Å². The van der Waals surface area contributed by atoms with Gasteiger partial charge in [0.15, 0.2) is 0 Å². The molecule has 2 heterocycles. The van der Waals surface area contributed by atoms with Crippen LogP contribution in [0.5, 0.6) is 0 Å². The third-order valence-electron chi connectivity index (χ3n) is 5.60. The quantitative estimate of drug-likeness (QED) is 0.454. The van der Waals surface area contributed by atoms with Gasteiger partial charge in [0.25, 0.3) is 11.8 Å². The van der Waals surface area contributed by atoms with Crippen molar-refractivity contribution in [1.82, 2.24) is 20.5 Å². The average molecular weight is 423 g/mol. The molecule has 7 heteroatoms. The lowest BCUT2D eigenvalue weighted by atomic mass is 10.1. The Kier molecular flexibility index (Phi) is 7.76. The molecule has 1 aliphatic heterocycles. The summed E-state index contributed by atoms with van der Waals surface area (Å²) in [7, 11) is 0. The van der Waals surface area contributed by atoms with Gasteiger partial charge in [0.05, 0.1) is 23.7 Å². The van der Waals surface area contributed by atoms with Crippen molar-refractivity contribution in [1.29, 1.82) is 0 Å². The third kappa shape index (κ3) is 5.48. The van der Waals surface area contributed by atoms with Crippen molar-refractivity contribution >= 4 is 28.5 Å². The Balaban J connectivity index is 1.57. The van der Waals surface area contributed by atoms with Crippen LogP contribution < -0.4 is 10.6 Å². The van der Waals surface area contributed by atoms with E-state index < -0.39 is 17.7 Å². The molecule has 2 aromatic rings. The molecule has 0 spiro atoms. The van der Waals surface area contributed by atoms with Gasteiger partial charge in [0, 0.05) is 30.4 Å². The zero-order chi connectivity index (χ0) is 22.2. The number of para-hydroxylation sites is 1. The Hall–Kier alpha value is -3.22. The number of hydrogen-bond donors (Lipinski definition) is 2. The lowest BCUT2D eigenvalue weighted by Crippen LogP contribution is -2.45. The maximum Gasteiger partial charge on any atom is 0.289 e. The smallest absolute Gasteiger partial charge is 0.289 e. The number of fused-ring (bicyclic) bond motifs is 1. The molecule has 1 fully saturated rings. The Morgan fingerprint density at radius 2 is 1.97 bits per heavy atom. The minimum absolute atomic E-state index is 0.206. The second-order valence-corrected chi connectivity index (χ2v) is 7.80. The minimum Gasteiger partial charge on any atom is -0.363 e. The van der Waals surface area contributed by atoms with Gasteiger partial charge in [-0.25, -0.2) is 0 Å². The highest BCUT2D eigenvalue weighted by molar-refractivity contribution is 6.38.